The summed E-state index contributed by atoms with van der Waals surface area (Å²) in [4.78, 5) is 0. The number of nitriles is 3. The molecule has 0 aromatic heterocycles. The lowest BCUT2D eigenvalue weighted by atomic mass is 9.92. The van der Waals surface area contributed by atoms with Crippen LogP contribution < -0.4 is 26.2 Å². The van der Waals surface area contributed by atoms with Gasteiger partial charge in [-0.1, -0.05) is 41.5 Å². The molecule has 0 aliphatic rings. The maximum Gasteiger partial charge on any atom is 0.133 e. The van der Waals surface area contributed by atoms with Crippen molar-refractivity contribution in [1.29, 1.82) is 15.8 Å². The topological polar surface area (TPSA) is 182 Å². The molecular weight excluding hydrogens is 405 g/mol. The molecule has 0 heterocycles. The largest absolute Gasteiger partial charge is 0.860 e. The maximum absolute atomic E-state index is 10.3. The van der Waals surface area contributed by atoms with Gasteiger partial charge in [0.25, 0.3) is 0 Å². The first kappa shape index (κ1) is 31.6. The molecule has 0 unspecified atom stereocenters. The van der Waals surface area contributed by atoms with E-state index in [0.717, 1.165) is 6.07 Å². The molecule has 0 aliphatic heterocycles. The fourth-order valence-electron chi connectivity index (χ4n) is 2.61. The first-order valence-corrected chi connectivity index (χ1v) is 11.1. The fourth-order valence-corrected chi connectivity index (χ4v) is 2.61. The van der Waals surface area contributed by atoms with Crippen molar-refractivity contribution < 1.29 is 26.2 Å². The second kappa shape index (κ2) is 16.1. The lowest BCUT2D eigenvalue weighted by Gasteiger charge is -2.27. The van der Waals surface area contributed by atoms with E-state index >= 15 is 0 Å². The summed E-state index contributed by atoms with van der Waals surface area (Å²) < 4.78 is 4.28. The van der Waals surface area contributed by atoms with Crippen LogP contribution >= 0.6 is 0 Å². The molecular formula is C23H38BN5O3. The predicted molar refractivity (Wildman–Crippen MR) is 120 cm³/mol. The molecule has 0 saturated heterocycles. The number of rotatable bonds is 8. The van der Waals surface area contributed by atoms with Gasteiger partial charge in [-0.15, -0.1) is 0 Å². The minimum absolute atomic E-state index is 0.0141. The second-order valence-corrected chi connectivity index (χ2v) is 7.72. The SMILES string of the molecule is CCC([NH3+])(CC)CC.CCC([NH3+])(CC)CC.N#Cc1ccc(OB([O-])[O-])c(C#N)c1C#N. The normalized spacial score (nSPS) is 10.2. The van der Waals surface area contributed by atoms with Gasteiger partial charge in [0.15, 0.2) is 0 Å². The highest BCUT2D eigenvalue weighted by Crippen LogP contribution is 2.24. The number of quaternary nitrogens is 2. The average molecular weight is 443 g/mol. The maximum atomic E-state index is 10.3. The molecule has 8 nitrogen and oxygen atoms in total. The third-order valence-corrected chi connectivity index (χ3v) is 6.23. The van der Waals surface area contributed by atoms with Gasteiger partial charge in [0.05, 0.1) is 22.2 Å². The lowest BCUT2D eigenvalue weighted by molar-refractivity contribution is -0.481. The molecule has 1 aromatic carbocycles. The molecule has 1 rings (SSSR count). The van der Waals surface area contributed by atoms with E-state index < -0.39 is 7.32 Å². The van der Waals surface area contributed by atoms with Crippen molar-refractivity contribution in [1.82, 2.24) is 0 Å². The Morgan fingerprint density at radius 2 is 1.12 bits per heavy atom. The van der Waals surface area contributed by atoms with Gasteiger partial charge in [-0.25, -0.2) is 0 Å². The summed E-state index contributed by atoms with van der Waals surface area (Å²) in [5.74, 6) is -0.284. The van der Waals surface area contributed by atoms with E-state index in [-0.39, 0.29) is 22.4 Å². The Hall–Kier alpha value is -2.61. The Labute approximate surface area is 193 Å². The molecule has 0 atom stereocenters. The van der Waals surface area contributed by atoms with Crippen LogP contribution in [0, 0.1) is 34.0 Å². The van der Waals surface area contributed by atoms with Crippen molar-refractivity contribution in [2.24, 2.45) is 0 Å². The van der Waals surface area contributed by atoms with Crippen LogP contribution in [0.5, 0.6) is 5.75 Å². The van der Waals surface area contributed by atoms with E-state index in [0.29, 0.717) is 11.1 Å². The zero-order valence-corrected chi connectivity index (χ0v) is 20.5. The van der Waals surface area contributed by atoms with Gasteiger partial charge in [0.1, 0.15) is 36.8 Å². The summed E-state index contributed by atoms with van der Waals surface area (Å²) in [6, 6.07) is 7.33. The van der Waals surface area contributed by atoms with Crippen LogP contribution in [0.15, 0.2) is 12.1 Å². The minimum Gasteiger partial charge on any atom is -0.860 e. The number of hydrogen-bond donors (Lipinski definition) is 2. The van der Waals surface area contributed by atoms with Crippen molar-refractivity contribution in [3.8, 4) is 24.0 Å². The molecule has 1 aromatic rings. The van der Waals surface area contributed by atoms with E-state index in [2.05, 4.69) is 57.7 Å². The third kappa shape index (κ3) is 10.6. The molecule has 0 amide bonds. The standard InChI is InChI=1S/C9H2BN3O3.2C7H17N/c11-3-6-1-2-9(16-10(14)15)8(5-13)7(6)4-12;2*1-4-7(8,5-2)6-3/h1-2H;2*4-6,8H2,1-3H3/q-2;;/p+2. The molecule has 0 radical (unpaired) electrons. The van der Waals surface area contributed by atoms with Crippen LogP contribution in [0.4, 0.5) is 0 Å². The van der Waals surface area contributed by atoms with Crippen molar-refractivity contribution in [2.75, 3.05) is 0 Å². The van der Waals surface area contributed by atoms with Gasteiger partial charge in [0, 0.05) is 0 Å². The molecule has 9 heteroatoms. The van der Waals surface area contributed by atoms with Crippen LogP contribution in [0.2, 0.25) is 0 Å². The highest BCUT2D eigenvalue weighted by Gasteiger charge is 2.21. The van der Waals surface area contributed by atoms with Gasteiger partial charge in [-0.05, 0) is 50.7 Å². The Kier molecular flexibility index (Phi) is 15.9. The van der Waals surface area contributed by atoms with Gasteiger partial charge in [0.2, 0.25) is 0 Å². The van der Waals surface area contributed by atoms with E-state index in [1.165, 1.54) is 44.6 Å². The molecule has 176 valence electrons. The van der Waals surface area contributed by atoms with Gasteiger partial charge >= 0.3 is 0 Å². The van der Waals surface area contributed by atoms with Crippen LogP contribution in [0.3, 0.4) is 0 Å². The number of benzene rings is 1. The zero-order chi connectivity index (χ0) is 25.4. The highest BCUT2D eigenvalue weighted by atomic mass is 16.6. The number of nitrogens with zero attached hydrogens (tertiary/aromatic N) is 3. The molecule has 0 saturated carbocycles. The average Bonchev–Trinajstić information content (AvgIpc) is 2.82. The van der Waals surface area contributed by atoms with Crippen LogP contribution in [-0.2, 0) is 0 Å². The summed E-state index contributed by atoms with van der Waals surface area (Å²) in [7, 11) is -2.59. The summed E-state index contributed by atoms with van der Waals surface area (Å²) in [5.41, 5.74) is 8.50. The van der Waals surface area contributed by atoms with Crippen molar-refractivity contribution in [3.63, 3.8) is 0 Å². The van der Waals surface area contributed by atoms with E-state index in [1.54, 1.807) is 18.2 Å². The van der Waals surface area contributed by atoms with Crippen molar-refractivity contribution in [3.05, 3.63) is 28.8 Å². The zero-order valence-electron chi connectivity index (χ0n) is 20.5. The lowest BCUT2D eigenvalue weighted by Crippen LogP contribution is -2.71. The Bertz CT molecular complexity index is 767. The van der Waals surface area contributed by atoms with Crippen molar-refractivity contribution >= 4 is 7.32 Å². The minimum atomic E-state index is -2.59. The monoisotopic (exact) mass is 443 g/mol. The summed E-state index contributed by atoms with van der Waals surface area (Å²) in [6.07, 6.45) is 7.25. The molecule has 0 spiro atoms. The molecule has 6 N–H and O–H groups in total. The highest BCUT2D eigenvalue weighted by molar-refractivity contribution is 6.29. The molecule has 0 aliphatic carbocycles. The van der Waals surface area contributed by atoms with Crippen LogP contribution in [0.1, 0.15) is 96.8 Å². The van der Waals surface area contributed by atoms with Gasteiger partial charge in [-0.2, -0.15) is 15.8 Å². The summed E-state index contributed by atoms with van der Waals surface area (Å²) in [6.45, 7) is 13.3. The first-order chi connectivity index (χ1) is 15.0. The second-order valence-electron chi connectivity index (χ2n) is 7.72. The fraction of sp³-hybridized carbons (Fsp3) is 0.609. The van der Waals surface area contributed by atoms with E-state index in [4.69, 9.17) is 15.8 Å². The van der Waals surface area contributed by atoms with Crippen LogP contribution in [0.25, 0.3) is 0 Å². The third-order valence-electron chi connectivity index (χ3n) is 6.23. The molecule has 0 bridgehead atoms. The van der Waals surface area contributed by atoms with Crippen molar-refractivity contribution in [2.45, 2.75) is 91.1 Å². The Morgan fingerprint density at radius 3 is 1.34 bits per heavy atom. The predicted octanol–water partition coefficient (Wildman–Crippen LogP) is 0.780. The van der Waals surface area contributed by atoms with Gasteiger partial charge in [-0.3, -0.25) is 0 Å². The van der Waals surface area contributed by atoms with Gasteiger partial charge < -0.3 is 26.2 Å². The molecule has 32 heavy (non-hydrogen) atoms. The van der Waals surface area contributed by atoms with E-state index in [9.17, 15) is 10.0 Å². The Morgan fingerprint density at radius 1 is 0.750 bits per heavy atom. The Balaban J connectivity index is 0. The van der Waals surface area contributed by atoms with Crippen LogP contribution in [-0.4, -0.2) is 18.4 Å². The summed E-state index contributed by atoms with van der Waals surface area (Å²) in [5, 5.41) is 46.8. The quantitative estimate of drug-likeness (QED) is 0.560. The smallest absolute Gasteiger partial charge is 0.133 e. The number of hydrogen-bond acceptors (Lipinski definition) is 6. The summed E-state index contributed by atoms with van der Waals surface area (Å²) >= 11 is 0. The van der Waals surface area contributed by atoms with E-state index in [1.807, 2.05) is 0 Å². The molecule has 0 fully saturated rings. The first-order valence-electron chi connectivity index (χ1n) is 11.1.